The highest BCUT2D eigenvalue weighted by Crippen LogP contribution is 2.32. The summed E-state index contributed by atoms with van der Waals surface area (Å²) in [5.74, 6) is 0. The molecule has 0 aromatic heterocycles. The van der Waals surface area contributed by atoms with Crippen LogP contribution in [0, 0.1) is 0 Å². The van der Waals surface area contributed by atoms with Gasteiger partial charge in [0.2, 0.25) is 0 Å². The fourth-order valence-electron chi connectivity index (χ4n) is 4.63. The summed E-state index contributed by atoms with van der Waals surface area (Å²) in [4.78, 5) is 17.2. The van der Waals surface area contributed by atoms with Crippen molar-refractivity contribution in [3.63, 3.8) is 0 Å². The van der Waals surface area contributed by atoms with E-state index >= 15 is 0 Å². The molecule has 2 saturated heterocycles. The van der Waals surface area contributed by atoms with E-state index in [1.807, 2.05) is 0 Å². The van der Waals surface area contributed by atoms with Gasteiger partial charge in [-0.3, -0.25) is 4.90 Å². The Balaban J connectivity index is 1.35. The average molecular weight is 313 g/mol. The van der Waals surface area contributed by atoms with E-state index in [4.69, 9.17) is 0 Å². The number of hydrogen-bond acceptors (Lipinski definition) is 2. The summed E-state index contributed by atoms with van der Waals surface area (Å²) in [6.07, 6.45) is 7.13. The number of piperidine rings is 1. The van der Waals surface area contributed by atoms with Crippen LogP contribution in [0.5, 0.6) is 0 Å². The zero-order valence-corrected chi connectivity index (χ0v) is 13.8. The predicted molar refractivity (Wildman–Crippen MR) is 91.2 cm³/mol. The van der Waals surface area contributed by atoms with Gasteiger partial charge in [-0.05, 0) is 31.2 Å². The predicted octanol–water partition coefficient (Wildman–Crippen LogP) is 2.99. The summed E-state index contributed by atoms with van der Waals surface area (Å²) in [7, 11) is 0. The zero-order valence-electron chi connectivity index (χ0n) is 13.8. The van der Waals surface area contributed by atoms with Gasteiger partial charge in [-0.25, -0.2) is 4.79 Å². The van der Waals surface area contributed by atoms with Gasteiger partial charge in [0.05, 0.1) is 12.1 Å². The Hall–Kier alpha value is -1.55. The van der Waals surface area contributed by atoms with Crippen LogP contribution in [0.25, 0.3) is 0 Å². The van der Waals surface area contributed by atoms with Crippen LogP contribution < -0.4 is 5.32 Å². The second-order valence-corrected chi connectivity index (χ2v) is 7.31. The van der Waals surface area contributed by atoms with Gasteiger partial charge in [0, 0.05) is 25.7 Å². The number of amides is 2. The van der Waals surface area contributed by atoms with Crippen molar-refractivity contribution >= 4 is 6.03 Å². The van der Waals surface area contributed by atoms with Gasteiger partial charge < -0.3 is 10.2 Å². The molecule has 0 radical (unpaired) electrons. The molecule has 1 N–H and O–H groups in total. The van der Waals surface area contributed by atoms with Crippen LogP contribution in [0.2, 0.25) is 0 Å². The molecule has 124 valence electrons. The lowest BCUT2D eigenvalue weighted by Gasteiger charge is -2.40. The summed E-state index contributed by atoms with van der Waals surface area (Å²) >= 11 is 0. The number of nitrogens with one attached hydrogen (secondary N) is 1. The van der Waals surface area contributed by atoms with E-state index < -0.39 is 0 Å². The highest BCUT2D eigenvalue weighted by atomic mass is 16.2. The van der Waals surface area contributed by atoms with Crippen LogP contribution in [-0.4, -0.2) is 47.0 Å². The molecule has 3 fully saturated rings. The fraction of sp³-hybridized carbons (Fsp3) is 0.632. The van der Waals surface area contributed by atoms with Crippen molar-refractivity contribution in [1.29, 1.82) is 0 Å². The molecule has 0 bridgehead atoms. The Kier molecular flexibility index (Phi) is 4.25. The Morgan fingerprint density at radius 3 is 2.52 bits per heavy atom. The van der Waals surface area contributed by atoms with Crippen LogP contribution >= 0.6 is 0 Å². The normalized spacial score (nSPS) is 29.4. The molecule has 0 spiro atoms. The number of nitrogens with zero attached hydrogens (tertiary/aromatic N) is 2. The van der Waals surface area contributed by atoms with Crippen molar-refractivity contribution in [1.82, 2.24) is 15.1 Å². The monoisotopic (exact) mass is 313 g/mol. The van der Waals surface area contributed by atoms with Crippen LogP contribution in [0.15, 0.2) is 30.3 Å². The lowest BCUT2D eigenvalue weighted by Crippen LogP contribution is -2.49. The van der Waals surface area contributed by atoms with Crippen molar-refractivity contribution in [3.05, 3.63) is 35.9 Å². The Labute approximate surface area is 138 Å². The van der Waals surface area contributed by atoms with Crippen molar-refractivity contribution in [2.75, 3.05) is 13.1 Å². The molecular weight excluding hydrogens is 286 g/mol. The molecule has 1 aliphatic carbocycles. The Bertz CT molecular complexity index is 539. The minimum atomic E-state index is 0.198. The van der Waals surface area contributed by atoms with Crippen LogP contribution in [0.3, 0.4) is 0 Å². The van der Waals surface area contributed by atoms with E-state index in [0.29, 0.717) is 18.1 Å². The first-order valence-corrected chi connectivity index (χ1v) is 9.16. The average Bonchev–Trinajstić information content (AvgIpc) is 2.92. The molecule has 2 amide bonds. The van der Waals surface area contributed by atoms with E-state index in [1.54, 1.807) is 0 Å². The van der Waals surface area contributed by atoms with Crippen molar-refractivity contribution in [3.8, 4) is 0 Å². The molecule has 1 aromatic carbocycles. The van der Waals surface area contributed by atoms with E-state index in [0.717, 1.165) is 32.5 Å². The lowest BCUT2D eigenvalue weighted by atomic mass is 9.89. The maximum atomic E-state index is 12.4. The largest absolute Gasteiger partial charge is 0.333 e. The second-order valence-electron chi connectivity index (χ2n) is 7.31. The molecule has 4 nitrogen and oxygen atoms in total. The van der Waals surface area contributed by atoms with Gasteiger partial charge in [0.25, 0.3) is 0 Å². The minimum absolute atomic E-state index is 0.198. The van der Waals surface area contributed by atoms with Crippen LogP contribution in [0.4, 0.5) is 4.79 Å². The van der Waals surface area contributed by atoms with Gasteiger partial charge in [-0.2, -0.15) is 0 Å². The Morgan fingerprint density at radius 1 is 1.00 bits per heavy atom. The van der Waals surface area contributed by atoms with Crippen LogP contribution in [0.1, 0.15) is 44.1 Å². The maximum Gasteiger partial charge on any atom is 0.318 e. The molecule has 1 aromatic rings. The third-order valence-corrected chi connectivity index (χ3v) is 5.83. The number of hydrogen-bond donors (Lipinski definition) is 1. The number of carbonyl (C=O) groups excluding carboxylic acids is 1. The highest BCUT2D eigenvalue weighted by Gasteiger charge is 2.44. The number of fused-ring (bicyclic) bond motifs is 1. The standard InChI is InChI=1S/C19H27N3O/c23-19-20-17-8-4-5-9-18(17)22(19)16-10-12-21(13-11-16)14-15-6-2-1-3-7-15/h1-3,6-7,16-18H,4-5,8-14H2,(H,20,23)/t17-,18+/m0/s1. The minimum Gasteiger partial charge on any atom is -0.333 e. The topological polar surface area (TPSA) is 35.6 Å². The first-order valence-electron chi connectivity index (χ1n) is 9.16. The summed E-state index contributed by atoms with van der Waals surface area (Å²) < 4.78 is 0. The lowest BCUT2D eigenvalue weighted by molar-refractivity contribution is 0.0991. The van der Waals surface area contributed by atoms with Gasteiger partial charge >= 0.3 is 6.03 Å². The number of carbonyl (C=O) groups is 1. The van der Waals surface area contributed by atoms with Crippen LogP contribution in [-0.2, 0) is 6.54 Å². The second kappa shape index (κ2) is 6.52. The van der Waals surface area contributed by atoms with Crippen molar-refractivity contribution in [2.24, 2.45) is 0 Å². The zero-order chi connectivity index (χ0) is 15.6. The van der Waals surface area contributed by atoms with Gasteiger partial charge in [0.1, 0.15) is 0 Å². The number of urea groups is 1. The summed E-state index contributed by atoms with van der Waals surface area (Å²) in [5.41, 5.74) is 1.39. The molecule has 2 aliphatic heterocycles. The molecule has 23 heavy (non-hydrogen) atoms. The molecule has 2 heterocycles. The molecule has 3 aliphatic rings. The smallest absolute Gasteiger partial charge is 0.318 e. The number of likely N-dealkylation sites (tertiary alicyclic amines) is 1. The summed E-state index contributed by atoms with van der Waals surface area (Å²) in [5, 5.41) is 3.23. The van der Waals surface area contributed by atoms with E-state index in [9.17, 15) is 4.79 Å². The molecule has 0 unspecified atom stereocenters. The highest BCUT2D eigenvalue weighted by molar-refractivity contribution is 5.78. The first kappa shape index (κ1) is 15.0. The van der Waals surface area contributed by atoms with Gasteiger partial charge in [-0.15, -0.1) is 0 Å². The summed E-state index contributed by atoms with van der Waals surface area (Å²) in [6, 6.07) is 12.2. The fourth-order valence-corrected chi connectivity index (χ4v) is 4.63. The molecule has 2 atom stereocenters. The Morgan fingerprint density at radius 2 is 1.74 bits per heavy atom. The van der Waals surface area contributed by atoms with Gasteiger partial charge in [-0.1, -0.05) is 43.2 Å². The molecular formula is C19H27N3O. The SMILES string of the molecule is O=C1N[C@H]2CCCC[C@H]2N1C1CCN(Cc2ccccc2)CC1. The molecule has 1 saturated carbocycles. The summed E-state index contributed by atoms with van der Waals surface area (Å²) in [6.45, 7) is 3.23. The van der Waals surface area contributed by atoms with Crippen molar-refractivity contribution < 1.29 is 4.79 Å². The van der Waals surface area contributed by atoms with Crippen molar-refractivity contribution in [2.45, 2.75) is 63.2 Å². The third kappa shape index (κ3) is 3.09. The quantitative estimate of drug-likeness (QED) is 0.931. The molecule has 4 rings (SSSR count). The molecule has 4 heteroatoms. The third-order valence-electron chi connectivity index (χ3n) is 5.83. The first-order chi connectivity index (χ1) is 11.3. The number of benzene rings is 1. The van der Waals surface area contributed by atoms with Gasteiger partial charge in [0.15, 0.2) is 0 Å². The number of rotatable bonds is 3. The maximum absolute atomic E-state index is 12.4. The van der Waals surface area contributed by atoms with E-state index in [-0.39, 0.29) is 6.03 Å². The van der Waals surface area contributed by atoms with E-state index in [2.05, 4.69) is 45.4 Å². The van der Waals surface area contributed by atoms with E-state index in [1.165, 1.54) is 31.2 Å².